The van der Waals surface area contributed by atoms with Gasteiger partial charge in [0.25, 0.3) is 0 Å². The van der Waals surface area contributed by atoms with E-state index < -0.39 is 0 Å². The Bertz CT molecular complexity index is 753. The summed E-state index contributed by atoms with van der Waals surface area (Å²) >= 11 is 1.81. The molecule has 0 bridgehead atoms. The zero-order valence-electron chi connectivity index (χ0n) is 17.1. The molecule has 29 heavy (non-hydrogen) atoms. The van der Waals surface area contributed by atoms with Crippen molar-refractivity contribution in [1.29, 1.82) is 0 Å². The average molecular weight is 527 g/mol. The highest BCUT2D eigenvalue weighted by Crippen LogP contribution is 2.15. The molecule has 158 valence electrons. The van der Waals surface area contributed by atoms with Crippen LogP contribution in [0.3, 0.4) is 0 Å². The monoisotopic (exact) mass is 527 g/mol. The molecule has 0 radical (unpaired) electrons. The number of benzene rings is 2. The third kappa shape index (κ3) is 10.4. The largest absolute Gasteiger partial charge is 0.356 e. The minimum absolute atomic E-state index is 0. The third-order valence-corrected chi connectivity index (χ3v) is 4.74. The van der Waals surface area contributed by atoms with Crippen LogP contribution in [0.4, 0.5) is 10.5 Å². The number of nitrogens with zero attached hydrogens (tertiary/aromatic N) is 1. The Balaban J connectivity index is 0.00000420. The van der Waals surface area contributed by atoms with Gasteiger partial charge in [0.2, 0.25) is 0 Å². The summed E-state index contributed by atoms with van der Waals surface area (Å²) in [6, 6.07) is 18.0. The fourth-order valence-corrected chi connectivity index (χ4v) is 3.19. The van der Waals surface area contributed by atoms with Crippen LogP contribution in [0.15, 0.2) is 64.5 Å². The number of hydrogen-bond acceptors (Lipinski definition) is 3. The minimum Gasteiger partial charge on any atom is -0.356 e. The van der Waals surface area contributed by atoms with E-state index in [1.54, 1.807) is 7.05 Å². The summed E-state index contributed by atoms with van der Waals surface area (Å²) in [7, 11) is 1.76. The first kappa shape index (κ1) is 25.1. The van der Waals surface area contributed by atoms with Crippen LogP contribution in [0.25, 0.3) is 0 Å². The maximum Gasteiger partial charge on any atom is 0.319 e. The van der Waals surface area contributed by atoms with E-state index in [0.29, 0.717) is 6.54 Å². The van der Waals surface area contributed by atoms with Crippen molar-refractivity contribution in [3.8, 4) is 0 Å². The van der Waals surface area contributed by atoms with Gasteiger partial charge in [0.15, 0.2) is 5.96 Å². The highest BCUT2D eigenvalue weighted by Gasteiger charge is 2.04. The number of thioether (sulfide) groups is 1. The van der Waals surface area contributed by atoms with Crippen molar-refractivity contribution in [2.45, 2.75) is 31.3 Å². The molecule has 0 aromatic heterocycles. The fourth-order valence-electron chi connectivity index (χ4n) is 2.40. The summed E-state index contributed by atoms with van der Waals surface area (Å²) in [6.07, 6.45) is 0. The van der Waals surface area contributed by atoms with E-state index in [4.69, 9.17) is 0 Å². The Labute approximate surface area is 194 Å². The third-order valence-electron chi connectivity index (χ3n) is 3.72. The van der Waals surface area contributed by atoms with Gasteiger partial charge in [-0.1, -0.05) is 30.3 Å². The second kappa shape index (κ2) is 14.1. The molecule has 0 fully saturated rings. The molecule has 0 aliphatic heterocycles. The standard InChI is InChI=1S/C21H29N5OS.HI/c1-16(2)25-21(27)26-18-11-9-17(10-12-18)15-24-20(22-3)23-13-14-28-19-7-5-4-6-8-19;/h4-12,16H,13-15H2,1-3H3,(H2,22,23,24)(H2,25,26,27);1H. The summed E-state index contributed by atoms with van der Waals surface area (Å²) < 4.78 is 0. The quantitative estimate of drug-likeness (QED) is 0.136. The first-order valence-corrected chi connectivity index (χ1v) is 10.3. The lowest BCUT2D eigenvalue weighted by Crippen LogP contribution is -2.37. The molecule has 0 aliphatic carbocycles. The predicted octanol–water partition coefficient (Wildman–Crippen LogP) is 4.29. The Morgan fingerprint density at radius 2 is 1.72 bits per heavy atom. The maximum absolute atomic E-state index is 11.7. The molecule has 0 atom stereocenters. The zero-order chi connectivity index (χ0) is 20.2. The van der Waals surface area contributed by atoms with E-state index in [9.17, 15) is 4.79 Å². The molecule has 2 rings (SSSR count). The van der Waals surface area contributed by atoms with Crippen molar-refractivity contribution in [3.63, 3.8) is 0 Å². The van der Waals surface area contributed by atoms with Gasteiger partial charge in [0, 0.05) is 42.5 Å². The van der Waals surface area contributed by atoms with E-state index in [2.05, 4.69) is 38.4 Å². The summed E-state index contributed by atoms with van der Waals surface area (Å²) in [5, 5.41) is 12.2. The Hall–Kier alpha value is -1.94. The van der Waals surface area contributed by atoms with E-state index >= 15 is 0 Å². The number of rotatable bonds is 8. The molecular formula is C21H30IN5OS. The number of anilines is 1. The summed E-state index contributed by atoms with van der Waals surface area (Å²) in [4.78, 5) is 17.2. The van der Waals surface area contributed by atoms with Crippen molar-refractivity contribution in [1.82, 2.24) is 16.0 Å². The summed E-state index contributed by atoms with van der Waals surface area (Å²) in [6.45, 7) is 5.34. The van der Waals surface area contributed by atoms with Gasteiger partial charge in [-0.2, -0.15) is 0 Å². The highest BCUT2D eigenvalue weighted by atomic mass is 127. The number of urea groups is 1. The number of carbonyl (C=O) groups is 1. The lowest BCUT2D eigenvalue weighted by atomic mass is 10.2. The van der Waals surface area contributed by atoms with Gasteiger partial charge in [-0.15, -0.1) is 35.7 Å². The van der Waals surface area contributed by atoms with Crippen molar-refractivity contribution in [3.05, 3.63) is 60.2 Å². The van der Waals surface area contributed by atoms with Gasteiger partial charge in [0.1, 0.15) is 0 Å². The lowest BCUT2D eigenvalue weighted by Gasteiger charge is -2.13. The number of aliphatic imine (C=N–C) groups is 1. The lowest BCUT2D eigenvalue weighted by molar-refractivity contribution is 0.250. The number of halogens is 1. The molecule has 2 aromatic carbocycles. The Morgan fingerprint density at radius 1 is 1.03 bits per heavy atom. The zero-order valence-corrected chi connectivity index (χ0v) is 20.2. The van der Waals surface area contributed by atoms with Crippen LogP contribution in [-0.2, 0) is 6.54 Å². The number of nitrogens with one attached hydrogen (secondary N) is 4. The van der Waals surface area contributed by atoms with Gasteiger partial charge < -0.3 is 21.3 Å². The summed E-state index contributed by atoms with van der Waals surface area (Å²) in [5.41, 5.74) is 1.87. The molecule has 0 aliphatic rings. The van der Waals surface area contributed by atoms with Gasteiger partial charge in [-0.3, -0.25) is 4.99 Å². The fraction of sp³-hybridized carbons (Fsp3) is 0.333. The van der Waals surface area contributed by atoms with Crippen molar-refractivity contribution < 1.29 is 4.79 Å². The smallest absolute Gasteiger partial charge is 0.319 e. The van der Waals surface area contributed by atoms with Gasteiger partial charge in [-0.05, 0) is 43.7 Å². The molecule has 0 heterocycles. The van der Waals surface area contributed by atoms with Gasteiger partial charge in [-0.25, -0.2) is 4.79 Å². The van der Waals surface area contributed by atoms with Crippen LogP contribution in [0.2, 0.25) is 0 Å². The van der Waals surface area contributed by atoms with Crippen LogP contribution in [0, 0.1) is 0 Å². The van der Waals surface area contributed by atoms with Crippen LogP contribution in [0.1, 0.15) is 19.4 Å². The summed E-state index contributed by atoms with van der Waals surface area (Å²) in [5.74, 6) is 1.73. The molecule has 0 saturated carbocycles. The van der Waals surface area contributed by atoms with Crippen molar-refractivity contribution in [2.24, 2.45) is 4.99 Å². The van der Waals surface area contributed by atoms with Crippen LogP contribution >= 0.6 is 35.7 Å². The normalized spacial score (nSPS) is 10.8. The average Bonchev–Trinajstić information content (AvgIpc) is 2.69. The maximum atomic E-state index is 11.7. The second-order valence-corrected chi connectivity index (χ2v) is 7.63. The first-order valence-electron chi connectivity index (χ1n) is 9.35. The van der Waals surface area contributed by atoms with Crippen LogP contribution < -0.4 is 21.3 Å². The van der Waals surface area contributed by atoms with E-state index in [-0.39, 0.29) is 36.0 Å². The van der Waals surface area contributed by atoms with E-state index in [1.165, 1.54) is 4.90 Å². The van der Waals surface area contributed by atoms with Crippen LogP contribution in [0.5, 0.6) is 0 Å². The SMILES string of the molecule is CN=C(NCCSc1ccccc1)NCc1ccc(NC(=O)NC(C)C)cc1.I. The molecular weight excluding hydrogens is 497 g/mol. The topological polar surface area (TPSA) is 77.6 Å². The predicted molar refractivity (Wildman–Crippen MR) is 135 cm³/mol. The van der Waals surface area contributed by atoms with Crippen molar-refractivity contribution >= 4 is 53.4 Å². The van der Waals surface area contributed by atoms with Gasteiger partial charge in [0.05, 0.1) is 0 Å². The number of carbonyl (C=O) groups excluding carboxylic acids is 1. The minimum atomic E-state index is -0.196. The molecule has 2 aromatic rings. The number of guanidine groups is 1. The van der Waals surface area contributed by atoms with E-state index in [0.717, 1.165) is 29.5 Å². The highest BCUT2D eigenvalue weighted by molar-refractivity contribution is 14.0. The number of hydrogen-bond donors (Lipinski definition) is 4. The number of amides is 2. The van der Waals surface area contributed by atoms with Gasteiger partial charge >= 0.3 is 6.03 Å². The molecule has 2 amide bonds. The molecule has 0 spiro atoms. The van der Waals surface area contributed by atoms with Crippen molar-refractivity contribution in [2.75, 3.05) is 24.7 Å². The van der Waals surface area contributed by atoms with Crippen LogP contribution in [-0.4, -0.2) is 37.4 Å². The Morgan fingerprint density at radius 3 is 2.34 bits per heavy atom. The first-order chi connectivity index (χ1) is 13.6. The molecule has 4 N–H and O–H groups in total. The Kier molecular flexibility index (Phi) is 12.2. The molecule has 8 heteroatoms. The molecule has 0 unspecified atom stereocenters. The molecule has 6 nitrogen and oxygen atoms in total. The van der Waals surface area contributed by atoms with E-state index in [1.807, 2.05) is 68.1 Å². The second-order valence-electron chi connectivity index (χ2n) is 6.46. The molecule has 0 saturated heterocycles.